The van der Waals surface area contributed by atoms with Gasteiger partial charge in [0.2, 0.25) is 0 Å². The summed E-state index contributed by atoms with van der Waals surface area (Å²) in [6.45, 7) is 0. The smallest absolute Gasteiger partial charge is 0.118 e. The van der Waals surface area contributed by atoms with E-state index in [0.29, 0.717) is 5.70 Å². The molecule has 1 aromatic carbocycles. The molecule has 0 aliphatic carbocycles. The highest BCUT2D eigenvalue weighted by molar-refractivity contribution is 5.63. The third-order valence-corrected chi connectivity index (χ3v) is 1.73. The Morgan fingerprint density at radius 1 is 1.50 bits per heavy atom. The summed E-state index contributed by atoms with van der Waals surface area (Å²) >= 11 is 0. The van der Waals surface area contributed by atoms with E-state index in [4.69, 9.17) is 16.1 Å². The molecular formula is C9H12N4O. The normalized spacial score (nSPS) is 10.9. The van der Waals surface area contributed by atoms with Crippen LogP contribution in [-0.2, 0) is 0 Å². The van der Waals surface area contributed by atoms with Gasteiger partial charge >= 0.3 is 0 Å². The van der Waals surface area contributed by atoms with Gasteiger partial charge < -0.3 is 10.2 Å². The fraction of sp³-hybridized carbons (Fsp3) is 0.111. The average Bonchev–Trinajstić information content (AvgIpc) is 2.26. The summed E-state index contributed by atoms with van der Waals surface area (Å²) in [4.78, 5) is 0. The molecule has 0 unspecified atom stereocenters. The number of benzene rings is 1. The summed E-state index contributed by atoms with van der Waals surface area (Å²) in [5.74, 6) is 5.87. The van der Waals surface area contributed by atoms with Gasteiger partial charge in [0.05, 0.1) is 7.11 Å². The van der Waals surface area contributed by atoms with Gasteiger partial charge in [-0.3, -0.25) is 5.84 Å². The maximum atomic E-state index is 6.93. The van der Waals surface area contributed by atoms with Gasteiger partial charge in [-0.05, 0) is 24.3 Å². The first-order chi connectivity index (χ1) is 6.81. The van der Waals surface area contributed by atoms with Crippen LogP contribution in [0, 0.1) is 5.53 Å². The summed E-state index contributed by atoms with van der Waals surface area (Å²) in [6, 6.07) is 7.20. The summed E-state index contributed by atoms with van der Waals surface area (Å²) in [5, 5.41) is 3.33. The molecule has 0 spiro atoms. The summed E-state index contributed by atoms with van der Waals surface area (Å²) < 4.78 is 5.01. The van der Waals surface area contributed by atoms with Crippen LogP contribution in [0.4, 0.5) is 0 Å². The second-order valence-corrected chi connectivity index (χ2v) is 2.54. The van der Waals surface area contributed by atoms with Crippen molar-refractivity contribution in [3.63, 3.8) is 0 Å². The van der Waals surface area contributed by atoms with Crippen LogP contribution in [0.5, 0.6) is 5.75 Å². The zero-order valence-electron chi connectivity index (χ0n) is 7.82. The van der Waals surface area contributed by atoms with Crippen LogP contribution >= 0.6 is 0 Å². The van der Waals surface area contributed by atoms with E-state index in [1.165, 1.54) is 6.20 Å². The van der Waals surface area contributed by atoms with Gasteiger partial charge in [-0.2, -0.15) is 5.11 Å². The van der Waals surface area contributed by atoms with E-state index in [1.807, 2.05) is 0 Å². The van der Waals surface area contributed by atoms with Crippen LogP contribution in [-0.4, -0.2) is 7.11 Å². The lowest BCUT2D eigenvalue weighted by molar-refractivity contribution is 0.415. The number of nitrogens with two attached hydrogens (primary N) is 1. The Kier molecular flexibility index (Phi) is 3.63. The van der Waals surface area contributed by atoms with Crippen LogP contribution in [0.25, 0.3) is 5.70 Å². The second kappa shape index (κ2) is 4.98. The van der Waals surface area contributed by atoms with Crippen molar-refractivity contribution in [1.29, 1.82) is 5.53 Å². The van der Waals surface area contributed by atoms with Crippen molar-refractivity contribution in [2.24, 2.45) is 11.0 Å². The molecule has 4 N–H and O–H groups in total. The first-order valence-electron chi connectivity index (χ1n) is 4.00. The highest BCUT2D eigenvalue weighted by Gasteiger charge is 1.99. The fourth-order valence-corrected chi connectivity index (χ4v) is 1.02. The lowest BCUT2D eigenvalue weighted by Gasteiger charge is -2.02. The van der Waals surface area contributed by atoms with E-state index in [2.05, 4.69) is 10.5 Å². The molecule has 74 valence electrons. The molecule has 1 rings (SSSR count). The number of hydrogen-bond acceptors (Lipinski definition) is 5. The molecule has 0 heterocycles. The summed E-state index contributed by atoms with van der Waals surface area (Å²) in [5.41, 5.74) is 10.5. The quantitative estimate of drug-likeness (QED) is 0.384. The Labute approximate surface area is 82.0 Å². The Morgan fingerprint density at radius 2 is 2.14 bits per heavy atom. The molecule has 0 amide bonds. The van der Waals surface area contributed by atoms with E-state index >= 15 is 0 Å². The third kappa shape index (κ3) is 2.30. The maximum absolute atomic E-state index is 6.93. The Morgan fingerprint density at radius 3 is 2.57 bits per heavy atom. The maximum Gasteiger partial charge on any atom is 0.118 e. The third-order valence-electron chi connectivity index (χ3n) is 1.73. The topological polar surface area (TPSA) is 83.5 Å². The highest BCUT2D eigenvalue weighted by Crippen LogP contribution is 2.18. The number of ether oxygens (including phenoxy) is 1. The van der Waals surface area contributed by atoms with Gasteiger partial charge in [0.15, 0.2) is 0 Å². The first-order valence-corrected chi connectivity index (χ1v) is 4.00. The molecule has 0 aromatic heterocycles. The average molecular weight is 192 g/mol. The molecule has 0 saturated carbocycles. The molecule has 5 heteroatoms. The van der Waals surface area contributed by atoms with E-state index in [1.54, 1.807) is 31.4 Å². The van der Waals surface area contributed by atoms with Crippen LogP contribution in [0.15, 0.2) is 35.6 Å². The van der Waals surface area contributed by atoms with Crippen molar-refractivity contribution in [3.05, 3.63) is 36.0 Å². The molecule has 0 saturated heterocycles. The van der Waals surface area contributed by atoms with Crippen molar-refractivity contribution in [3.8, 4) is 5.75 Å². The molecule has 0 bridgehead atoms. The number of rotatable bonds is 4. The number of hydrazine groups is 1. The van der Waals surface area contributed by atoms with Gasteiger partial charge in [-0.1, -0.05) is 0 Å². The molecule has 0 aliphatic rings. The molecule has 5 nitrogen and oxygen atoms in total. The fourth-order valence-electron chi connectivity index (χ4n) is 1.02. The van der Waals surface area contributed by atoms with Gasteiger partial charge in [0, 0.05) is 11.8 Å². The molecule has 0 fully saturated rings. The number of nitrogens with one attached hydrogen (secondary N) is 2. The molecule has 14 heavy (non-hydrogen) atoms. The van der Waals surface area contributed by atoms with Crippen molar-refractivity contribution < 1.29 is 4.74 Å². The molecule has 0 radical (unpaired) electrons. The summed E-state index contributed by atoms with van der Waals surface area (Å²) in [6.07, 6.45) is 1.45. The Hall–Kier alpha value is -1.88. The van der Waals surface area contributed by atoms with Crippen LogP contribution in [0.1, 0.15) is 5.56 Å². The van der Waals surface area contributed by atoms with Gasteiger partial charge in [0.1, 0.15) is 11.4 Å². The van der Waals surface area contributed by atoms with E-state index < -0.39 is 0 Å². The molecule has 0 atom stereocenters. The highest BCUT2D eigenvalue weighted by atomic mass is 16.5. The second-order valence-electron chi connectivity index (χ2n) is 2.54. The van der Waals surface area contributed by atoms with Crippen molar-refractivity contribution in [1.82, 2.24) is 5.43 Å². The largest absolute Gasteiger partial charge is 0.497 e. The zero-order chi connectivity index (χ0) is 10.4. The van der Waals surface area contributed by atoms with Crippen molar-refractivity contribution in [2.45, 2.75) is 0 Å². The summed E-state index contributed by atoms with van der Waals surface area (Å²) in [7, 11) is 1.60. The van der Waals surface area contributed by atoms with Gasteiger partial charge in [-0.25, -0.2) is 5.53 Å². The number of nitrogens with zero attached hydrogens (tertiary/aromatic N) is 1. The zero-order valence-corrected chi connectivity index (χ0v) is 7.82. The monoisotopic (exact) mass is 192 g/mol. The lowest BCUT2D eigenvalue weighted by Crippen LogP contribution is -2.13. The van der Waals surface area contributed by atoms with Gasteiger partial charge in [0.25, 0.3) is 0 Å². The minimum atomic E-state index is 0.468. The molecule has 0 aliphatic heterocycles. The van der Waals surface area contributed by atoms with E-state index in [-0.39, 0.29) is 0 Å². The Balaban J connectivity index is 2.95. The standard InChI is InChI=1S/C9H12N4O/c1-14-8-4-2-7(3-5-8)9(13-11)6-12-10/h2-6,11-12H,10H2,1H3/b9-6-,13-11?. The lowest BCUT2D eigenvalue weighted by atomic mass is 10.2. The minimum absolute atomic E-state index is 0.468. The van der Waals surface area contributed by atoms with Crippen molar-refractivity contribution >= 4 is 5.70 Å². The minimum Gasteiger partial charge on any atom is -0.497 e. The molecule has 1 aromatic rings. The predicted molar refractivity (Wildman–Crippen MR) is 53.4 cm³/mol. The SMILES string of the molecule is COc1ccc(/C(=C/NN)N=N)cc1. The Bertz CT molecular complexity index is 331. The van der Waals surface area contributed by atoms with Crippen molar-refractivity contribution in [2.75, 3.05) is 7.11 Å². The number of hydrogen-bond donors (Lipinski definition) is 3. The first kappa shape index (κ1) is 10.2. The molecular weight excluding hydrogens is 180 g/mol. The van der Waals surface area contributed by atoms with E-state index in [9.17, 15) is 0 Å². The van der Waals surface area contributed by atoms with Crippen LogP contribution in [0.2, 0.25) is 0 Å². The number of methoxy groups -OCH3 is 1. The van der Waals surface area contributed by atoms with Gasteiger partial charge in [-0.15, -0.1) is 0 Å². The van der Waals surface area contributed by atoms with Crippen LogP contribution in [0.3, 0.4) is 0 Å². The van der Waals surface area contributed by atoms with Crippen LogP contribution < -0.4 is 16.0 Å². The predicted octanol–water partition coefficient (Wildman–Crippen LogP) is 1.49. The van der Waals surface area contributed by atoms with E-state index in [0.717, 1.165) is 11.3 Å².